The van der Waals surface area contributed by atoms with Crippen LogP contribution in [0.1, 0.15) is 30.6 Å². The summed E-state index contributed by atoms with van der Waals surface area (Å²) in [5, 5.41) is 17.5. The van der Waals surface area contributed by atoms with Gasteiger partial charge in [-0.3, -0.25) is 4.68 Å². The Bertz CT molecular complexity index is 507. The third-order valence-electron chi connectivity index (χ3n) is 3.17. The molecule has 0 aliphatic rings. The minimum atomic E-state index is 0.154. The van der Waals surface area contributed by atoms with E-state index in [0.29, 0.717) is 5.75 Å². The van der Waals surface area contributed by atoms with Gasteiger partial charge in [-0.15, -0.1) is 0 Å². The topological polar surface area (TPSA) is 50.1 Å². The van der Waals surface area contributed by atoms with Gasteiger partial charge in [-0.05, 0) is 18.6 Å². The van der Waals surface area contributed by atoms with Crippen LogP contribution in [0.5, 0.6) is 5.75 Å². The summed E-state index contributed by atoms with van der Waals surface area (Å²) in [4.78, 5) is 0. The van der Waals surface area contributed by atoms with E-state index in [1.165, 1.54) is 0 Å². The van der Waals surface area contributed by atoms with Crippen molar-refractivity contribution in [2.45, 2.75) is 25.9 Å². The molecular formula is C14H19N3O. The highest BCUT2D eigenvalue weighted by Crippen LogP contribution is 2.25. The molecule has 1 heterocycles. The molecule has 0 bridgehead atoms. The zero-order chi connectivity index (χ0) is 13.0. The number of hydrogen-bond acceptors (Lipinski definition) is 3. The minimum absolute atomic E-state index is 0.154. The molecule has 0 amide bonds. The number of phenols is 1. The number of aryl methyl sites for hydroxylation is 1. The zero-order valence-electron chi connectivity index (χ0n) is 10.8. The minimum Gasteiger partial charge on any atom is -0.508 e. The van der Waals surface area contributed by atoms with Gasteiger partial charge in [0.05, 0.1) is 5.69 Å². The first-order valence-electron chi connectivity index (χ1n) is 6.20. The second kappa shape index (κ2) is 5.69. The first-order chi connectivity index (χ1) is 8.72. The summed E-state index contributed by atoms with van der Waals surface area (Å²) in [5.74, 6) is 0.349. The van der Waals surface area contributed by atoms with Crippen LogP contribution in [0.4, 0.5) is 0 Å². The Hall–Kier alpha value is -1.81. The van der Waals surface area contributed by atoms with Crippen molar-refractivity contribution in [1.82, 2.24) is 15.1 Å². The Labute approximate surface area is 107 Å². The summed E-state index contributed by atoms with van der Waals surface area (Å²) in [5.41, 5.74) is 2.08. The summed E-state index contributed by atoms with van der Waals surface area (Å²) in [6.45, 7) is 2.84. The largest absolute Gasteiger partial charge is 0.508 e. The van der Waals surface area contributed by atoms with Crippen molar-refractivity contribution < 1.29 is 5.11 Å². The SMILES string of the molecule is CCC(NCc1ccnn1C)c1ccccc1O. The molecule has 96 valence electrons. The number of nitrogens with zero attached hydrogens (tertiary/aromatic N) is 2. The number of rotatable bonds is 5. The number of aromatic hydroxyl groups is 1. The van der Waals surface area contributed by atoms with Gasteiger partial charge in [0, 0.05) is 31.4 Å². The second-order valence-electron chi connectivity index (χ2n) is 4.35. The maximum absolute atomic E-state index is 9.87. The lowest BCUT2D eigenvalue weighted by atomic mass is 10.0. The van der Waals surface area contributed by atoms with Gasteiger partial charge in [-0.1, -0.05) is 25.1 Å². The summed E-state index contributed by atoms with van der Waals surface area (Å²) in [6, 6.07) is 9.62. The number of nitrogens with one attached hydrogen (secondary N) is 1. The molecule has 0 saturated carbocycles. The van der Waals surface area contributed by atoms with Crippen LogP contribution in [0.15, 0.2) is 36.5 Å². The predicted molar refractivity (Wildman–Crippen MR) is 71.2 cm³/mol. The molecule has 4 nitrogen and oxygen atoms in total. The smallest absolute Gasteiger partial charge is 0.120 e. The summed E-state index contributed by atoms with van der Waals surface area (Å²) >= 11 is 0. The van der Waals surface area contributed by atoms with Crippen LogP contribution in [0.25, 0.3) is 0 Å². The van der Waals surface area contributed by atoms with E-state index in [9.17, 15) is 5.11 Å². The third kappa shape index (κ3) is 2.71. The van der Waals surface area contributed by atoms with Gasteiger partial charge in [-0.25, -0.2) is 0 Å². The van der Waals surface area contributed by atoms with Gasteiger partial charge in [0.15, 0.2) is 0 Å². The van der Waals surface area contributed by atoms with Gasteiger partial charge in [0.1, 0.15) is 5.75 Å². The Balaban J connectivity index is 2.07. The number of phenolic OH excluding ortho intramolecular Hbond substituents is 1. The van der Waals surface area contributed by atoms with Crippen molar-refractivity contribution in [3.63, 3.8) is 0 Å². The average molecular weight is 245 g/mol. The van der Waals surface area contributed by atoms with E-state index in [1.54, 1.807) is 12.3 Å². The highest BCUT2D eigenvalue weighted by atomic mass is 16.3. The first-order valence-corrected chi connectivity index (χ1v) is 6.20. The van der Waals surface area contributed by atoms with Gasteiger partial charge >= 0.3 is 0 Å². The molecule has 1 aromatic carbocycles. The number of hydrogen-bond donors (Lipinski definition) is 2. The highest BCUT2D eigenvalue weighted by Gasteiger charge is 2.12. The quantitative estimate of drug-likeness (QED) is 0.850. The third-order valence-corrected chi connectivity index (χ3v) is 3.17. The molecule has 1 aromatic heterocycles. The van der Waals surface area contributed by atoms with E-state index in [0.717, 1.165) is 24.2 Å². The van der Waals surface area contributed by atoms with Gasteiger partial charge < -0.3 is 10.4 Å². The monoisotopic (exact) mass is 245 g/mol. The summed E-state index contributed by atoms with van der Waals surface area (Å²) in [7, 11) is 1.93. The number of para-hydroxylation sites is 1. The average Bonchev–Trinajstić information content (AvgIpc) is 2.78. The fraction of sp³-hybridized carbons (Fsp3) is 0.357. The van der Waals surface area contributed by atoms with Crippen molar-refractivity contribution >= 4 is 0 Å². The number of benzene rings is 1. The van der Waals surface area contributed by atoms with E-state index < -0.39 is 0 Å². The lowest BCUT2D eigenvalue weighted by molar-refractivity contribution is 0.438. The Morgan fingerprint density at radius 3 is 2.72 bits per heavy atom. The van der Waals surface area contributed by atoms with E-state index in [4.69, 9.17) is 0 Å². The molecule has 1 unspecified atom stereocenters. The maximum atomic E-state index is 9.87. The van der Waals surface area contributed by atoms with Crippen LogP contribution in [0, 0.1) is 0 Å². The van der Waals surface area contributed by atoms with Crippen molar-refractivity contribution in [3.05, 3.63) is 47.8 Å². The number of aromatic nitrogens is 2. The van der Waals surface area contributed by atoms with E-state index in [-0.39, 0.29) is 6.04 Å². The summed E-state index contributed by atoms with van der Waals surface area (Å²) < 4.78 is 1.85. The van der Waals surface area contributed by atoms with Gasteiger partial charge in [0.2, 0.25) is 0 Å². The molecule has 0 radical (unpaired) electrons. The van der Waals surface area contributed by atoms with Gasteiger partial charge in [0.25, 0.3) is 0 Å². The van der Waals surface area contributed by atoms with Gasteiger partial charge in [-0.2, -0.15) is 5.10 Å². The zero-order valence-corrected chi connectivity index (χ0v) is 10.8. The molecule has 4 heteroatoms. The summed E-state index contributed by atoms with van der Waals surface area (Å²) in [6.07, 6.45) is 2.72. The molecule has 0 saturated heterocycles. The Morgan fingerprint density at radius 1 is 1.33 bits per heavy atom. The van der Waals surface area contributed by atoms with Crippen LogP contribution in [0.2, 0.25) is 0 Å². The lowest BCUT2D eigenvalue weighted by Gasteiger charge is -2.18. The van der Waals surface area contributed by atoms with Crippen molar-refractivity contribution in [1.29, 1.82) is 0 Å². The van der Waals surface area contributed by atoms with Crippen LogP contribution in [-0.2, 0) is 13.6 Å². The molecule has 0 fully saturated rings. The van der Waals surface area contributed by atoms with E-state index in [1.807, 2.05) is 36.0 Å². The van der Waals surface area contributed by atoms with Crippen molar-refractivity contribution in [2.75, 3.05) is 0 Å². The van der Waals surface area contributed by atoms with E-state index in [2.05, 4.69) is 17.3 Å². The molecule has 1 atom stereocenters. The molecule has 0 spiro atoms. The second-order valence-corrected chi connectivity index (χ2v) is 4.35. The molecular weight excluding hydrogens is 226 g/mol. The van der Waals surface area contributed by atoms with Crippen LogP contribution < -0.4 is 5.32 Å². The van der Waals surface area contributed by atoms with Crippen LogP contribution >= 0.6 is 0 Å². The van der Waals surface area contributed by atoms with Crippen LogP contribution in [-0.4, -0.2) is 14.9 Å². The Kier molecular flexibility index (Phi) is 3.99. The normalized spacial score (nSPS) is 12.6. The van der Waals surface area contributed by atoms with Crippen molar-refractivity contribution in [2.24, 2.45) is 7.05 Å². The molecule has 18 heavy (non-hydrogen) atoms. The fourth-order valence-electron chi connectivity index (χ4n) is 2.06. The Morgan fingerprint density at radius 2 is 2.11 bits per heavy atom. The first kappa shape index (κ1) is 12.6. The predicted octanol–water partition coefficient (Wildman–Crippen LogP) is 2.37. The fourth-order valence-corrected chi connectivity index (χ4v) is 2.06. The molecule has 2 N–H and O–H groups in total. The molecule has 0 aliphatic carbocycles. The van der Waals surface area contributed by atoms with Crippen LogP contribution in [0.3, 0.4) is 0 Å². The molecule has 0 aliphatic heterocycles. The van der Waals surface area contributed by atoms with Crippen molar-refractivity contribution in [3.8, 4) is 5.75 Å². The standard InChI is InChI=1S/C14H19N3O/c1-3-13(12-6-4-5-7-14(12)18)15-10-11-8-9-16-17(11)2/h4-9,13,15,18H,3,10H2,1-2H3. The highest BCUT2D eigenvalue weighted by molar-refractivity contribution is 5.34. The molecule has 2 aromatic rings. The maximum Gasteiger partial charge on any atom is 0.120 e. The lowest BCUT2D eigenvalue weighted by Crippen LogP contribution is -2.21. The van der Waals surface area contributed by atoms with E-state index >= 15 is 0 Å². The molecule has 2 rings (SSSR count).